The van der Waals surface area contributed by atoms with E-state index >= 15 is 0 Å². The number of aryl methyl sites for hydroxylation is 1. The number of esters is 1. The summed E-state index contributed by atoms with van der Waals surface area (Å²) in [7, 11) is 4.68. The molecular formula is C18H23N3O4. The topological polar surface area (TPSA) is 85.1 Å². The molecule has 0 atom stereocenters. The molecule has 1 heterocycles. The Balaban J connectivity index is 1.88. The van der Waals surface area contributed by atoms with Gasteiger partial charge in [0.05, 0.1) is 20.8 Å². The van der Waals surface area contributed by atoms with E-state index < -0.39 is 5.97 Å². The highest BCUT2D eigenvalue weighted by atomic mass is 16.5. The van der Waals surface area contributed by atoms with Gasteiger partial charge in [-0.15, -0.1) is 0 Å². The molecule has 0 aliphatic rings. The van der Waals surface area contributed by atoms with Gasteiger partial charge in [0.25, 0.3) is 0 Å². The number of nitrogens with zero attached hydrogens (tertiary/aromatic N) is 1. The normalized spacial score (nSPS) is 11.1. The maximum absolute atomic E-state index is 11.6. The predicted octanol–water partition coefficient (Wildman–Crippen LogP) is 2.25. The molecule has 2 rings (SSSR count). The van der Waals surface area contributed by atoms with Crippen molar-refractivity contribution >= 4 is 11.9 Å². The second-order valence-corrected chi connectivity index (χ2v) is 5.30. The molecule has 0 spiro atoms. The third-order valence-electron chi connectivity index (χ3n) is 3.65. The van der Waals surface area contributed by atoms with Crippen molar-refractivity contribution in [2.45, 2.75) is 20.0 Å². The van der Waals surface area contributed by atoms with Gasteiger partial charge in [-0.2, -0.15) is 0 Å². The van der Waals surface area contributed by atoms with Crippen LogP contribution < -0.4 is 15.4 Å². The van der Waals surface area contributed by atoms with Gasteiger partial charge in [-0.3, -0.25) is 4.99 Å². The first kappa shape index (κ1) is 18.4. The van der Waals surface area contributed by atoms with Gasteiger partial charge >= 0.3 is 5.97 Å². The van der Waals surface area contributed by atoms with E-state index in [9.17, 15) is 4.79 Å². The number of benzene rings is 1. The van der Waals surface area contributed by atoms with E-state index in [1.165, 1.54) is 7.11 Å². The molecule has 7 nitrogen and oxygen atoms in total. The lowest BCUT2D eigenvalue weighted by Crippen LogP contribution is -2.36. The van der Waals surface area contributed by atoms with Crippen molar-refractivity contribution < 1.29 is 18.7 Å². The minimum Gasteiger partial charge on any atom is -0.497 e. The third kappa shape index (κ3) is 5.00. The summed E-state index contributed by atoms with van der Waals surface area (Å²) in [5.74, 6) is 2.20. The van der Waals surface area contributed by atoms with Crippen LogP contribution in [0.3, 0.4) is 0 Å². The number of hydrogen-bond donors (Lipinski definition) is 2. The number of aliphatic imine (C=N–C) groups is 1. The Labute approximate surface area is 147 Å². The Kier molecular flexibility index (Phi) is 6.45. The Morgan fingerprint density at radius 3 is 2.44 bits per heavy atom. The zero-order chi connectivity index (χ0) is 18.2. The molecule has 134 valence electrons. The molecule has 7 heteroatoms. The molecule has 0 aliphatic heterocycles. The Bertz CT molecular complexity index is 735. The third-order valence-corrected chi connectivity index (χ3v) is 3.65. The van der Waals surface area contributed by atoms with Crippen molar-refractivity contribution in [3.05, 3.63) is 53.0 Å². The fraction of sp³-hybridized carbons (Fsp3) is 0.333. The molecule has 2 aromatic rings. The second kappa shape index (κ2) is 8.77. The quantitative estimate of drug-likeness (QED) is 0.474. The first-order valence-electron chi connectivity index (χ1n) is 7.82. The maximum atomic E-state index is 11.6. The number of rotatable bonds is 6. The van der Waals surface area contributed by atoms with Gasteiger partial charge in [0.2, 0.25) is 0 Å². The van der Waals surface area contributed by atoms with Crippen LogP contribution in [0.4, 0.5) is 0 Å². The highest BCUT2D eigenvalue weighted by Gasteiger charge is 2.15. The molecule has 0 amide bonds. The molecule has 0 unspecified atom stereocenters. The van der Waals surface area contributed by atoms with Gasteiger partial charge in [0.15, 0.2) is 5.96 Å². The van der Waals surface area contributed by atoms with E-state index in [1.54, 1.807) is 27.1 Å². The van der Waals surface area contributed by atoms with Crippen molar-refractivity contribution in [3.8, 4) is 5.75 Å². The van der Waals surface area contributed by atoms with E-state index in [0.29, 0.717) is 36.1 Å². The van der Waals surface area contributed by atoms with Crippen molar-refractivity contribution in [1.29, 1.82) is 0 Å². The van der Waals surface area contributed by atoms with Crippen LogP contribution in [0, 0.1) is 6.92 Å². The number of guanidine groups is 1. The first-order chi connectivity index (χ1) is 12.1. The lowest BCUT2D eigenvalue weighted by molar-refractivity contribution is 0.0599. The number of carbonyl (C=O) groups is 1. The highest BCUT2D eigenvalue weighted by molar-refractivity contribution is 5.90. The molecule has 0 saturated carbocycles. The van der Waals surface area contributed by atoms with E-state index in [-0.39, 0.29) is 0 Å². The van der Waals surface area contributed by atoms with Crippen LogP contribution in [-0.2, 0) is 17.8 Å². The number of carbonyl (C=O) groups excluding carboxylic acids is 1. The molecule has 0 radical (unpaired) electrons. The molecule has 0 fully saturated rings. The van der Waals surface area contributed by atoms with Gasteiger partial charge in [-0.05, 0) is 30.7 Å². The molecule has 0 saturated heterocycles. The van der Waals surface area contributed by atoms with Gasteiger partial charge < -0.3 is 24.5 Å². The highest BCUT2D eigenvalue weighted by Crippen LogP contribution is 2.15. The van der Waals surface area contributed by atoms with E-state index in [4.69, 9.17) is 13.9 Å². The Hall–Kier alpha value is -2.96. The van der Waals surface area contributed by atoms with Gasteiger partial charge in [-0.25, -0.2) is 4.79 Å². The zero-order valence-electron chi connectivity index (χ0n) is 14.9. The lowest BCUT2D eigenvalue weighted by atomic mass is 10.2. The Morgan fingerprint density at radius 2 is 1.84 bits per heavy atom. The van der Waals surface area contributed by atoms with Crippen LogP contribution >= 0.6 is 0 Å². The minimum absolute atomic E-state index is 0.403. The van der Waals surface area contributed by atoms with Gasteiger partial charge in [0.1, 0.15) is 22.8 Å². The fourth-order valence-corrected chi connectivity index (χ4v) is 2.26. The van der Waals surface area contributed by atoms with Gasteiger partial charge in [0, 0.05) is 13.6 Å². The lowest BCUT2D eigenvalue weighted by Gasteiger charge is -2.11. The Morgan fingerprint density at radius 1 is 1.16 bits per heavy atom. The number of methoxy groups -OCH3 is 2. The van der Waals surface area contributed by atoms with Crippen LogP contribution in [0.5, 0.6) is 5.75 Å². The van der Waals surface area contributed by atoms with Gasteiger partial charge in [-0.1, -0.05) is 12.1 Å². The molecule has 1 aromatic heterocycles. The van der Waals surface area contributed by atoms with E-state index in [2.05, 4.69) is 15.6 Å². The second-order valence-electron chi connectivity index (χ2n) is 5.30. The largest absolute Gasteiger partial charge is 0.497 e. The number of nitrogens with one attached hydrogen (secondary N) is 2. The zero-order valence-corrected chi connectivity index (χ0v) is 14.9. The van der Waals surface area contributed by atoms with Crippen LogP contribution in [0.2, 0.25) is 0 Å². The average Bonchev–Trinajstić information content (AvgIpc) is 3.02. The molecular weight excluding hydrogens is 322 g/mol. The van der Waals surface area contributed by atoms with E-state index in [0.717, 1.165) is 11.3 Å². The van der Waals surface area contributed by atoms with Crippen molar-refractivity contribution in [2.75, 3.05) is 21.3 Å². The minimum atomic E-state index is -0.408. The summed E-state index contributed by atoms with van der Waals surface area (Å²) >= 11 is 0. The summed E-state index contributed by atoms with van der Waals surface area (Å²) in [6.45, 7) is 2.75. The summed E-state index contributed by atoms with van der Waals surface area (Å²) in [5, 5.41) is 6.36. The SMILES string of the molecule is CN=C(NCc1ccc(OC)cc1)NCc1cc(C(=O)OC)c(C)o1. The maximum Gasteiger partial charge on any atom is 0.341 e. The summed E-state index contributed by atoms with van der Waals surface area (Å²) in [4.78, 5) is 15.8. The number of ether oxygens (including phenoxy) is 2. The first-order valence-corrected chi connectivity index (χ1v) is 7.82. The van der Waals surface area contributed by atoms with Crippen molar-refractivity contribution in [1.82, 2.24) is 10.6 Å². The summed E-state index contributed by atoms with van der Waals surface area (Å²) in [6, 6.07) is 9.46. The number of hydrogen-bond acceptors (Lipinski definition) is 5. The molecule has 1 aromatic carbocycles. The van der Waals surface area contributed by atoms with Crippen molar-refractivity contribution in [2.24, 2.45) is 4.99 Å². The van der Waals surface area contributed by atoms with Crippen LogP contribution in [0.25, 0.3) is 0 Å². The van der Waals surface area contributed by atoms with Crippen LogP contribution in [-0.4, -0.2) is 33.2 Å². The predicted molar refractivity (Wildman–Crippen MR) is 94.8 cm³/mol. The summed E-state index contributed by atoms with van der Waals surface area (Å²) in [6.07, 6.45) is 0. The van der Waals surface area contributed by atoms with Crippen LogP contribution in [0.15, 0.2) is 39.7 Å². The van der Waals surface area contributed by atoms with Crippen LogP contribution in [0.1, 0.15) is 27.4 Å². The summed E-state index contributed by atoms with van der Waals surface area (Å²) < 4.78 is 15.4. The average molecular weight is 345 g/mol. The fourth-order valence-electron chi connectivity index (χ4n) is 2.26. The molecule has 0 bridgehead atoms. The smallest absolute Gasteiger partial charge is 0.341 e. The van der Waals surface area contributed by atoms with Crippen molar-refractivity contribution in [3.63, 3.8) is 0 Å². The standard InChI is InChI=1S/C18H23N3O4/c1-12-16(17(22)24-4)9-15(25-12)11-21-18(19-2)20-10-13-5-7-14(23-3)8-6-13/h5-9H,10-11H2,1-4H3,(H2,19,20,21). The van der Waals surface area contributed by atoms with E-state index in [1.807, 2.05) is 24.3 Å². The molecule has 25 heavy (non-hydrogen) atoms. The molecule has 0 aliphatic carbocycles. The monoisotopic (exact) mass is 345 g/mol. The molecule has 2 N–H and O–H groups in total. The summed E-state index contributed by atoms with van der Waals surface area (Å²) in [5.41, 5.74) is 1.53. The number of furan rings is 1.